The minimum absolute atomic E-state index is 0.0577. The summed E-state index contributed by atoms with van der Waals surface area (Å²) in [5, 5.41) is 2.77. The molecule has 28 heavy (non-hydrogen) atoms. The van der Waals surface area contributed by atoms with Crippen molar-refractivity contribution in [3.63, 3.8) is 0 Å². The lowest BCUT2D eigenvalue weighted by Gasteiger charge is -2.30. The Balaban J connectivity index is 1.61. The summed E-state index contributed by atoms with van der Waals surface area (Å²) in [5.41, 5.74) is 1.23. The summed E-state index contributed by atoms with van der Waals surface area (Å²) in [7, 11) is 3.35. The Labute approximate surface area is 163 Å². The summed E-state index contributed by atoms with van der Waals surface area (Å²) in [4.78, 5) is 32.2. The largest absolute Gasteiger partial charge is 0.445 e. The molecular weight excluding hydrogens is 363 g/mol. The highest BCUT2D eigenvalue weighted by Crippen LogP contribution is 2.29. The molecule has 0 atom stereocenters. The molecule has 2 aromatic rings. The van der Waals surface area contributed by atoms with E-state index in [1.165, 1.54) is 11.0 Å². The number of piperidine rings is 1. The number of benzene rings is 1. The van der Waals surface area contributed by atoms with Crippen LogP contribution in [0.15, 0.2) is 22.6 Å². The maximum absolute atomic E-state index is 13.6. The predicted molar refractivity (Wildman–Crippen MR) is 103 cm³/mol. The lowest BCUT2D eigenvalue weighted by atomic mass is 9.97. The van der Waals surface area contributed by atoms with Crippen LogP contribution in [0, 0.1) is 19.7 Å². The molecule has 1 aromatic carbocycles. The standard InChI is InChI=1S/C20H25FN4O3/c1-12-15(21)6-5-7-16(12)22-20(27)25-10-8-14(9-11-25)18-23-17(13(2)28-18)19(26)24(3)4/h5-7,14H,8-11H2,1-4H3,(H,22,27). The summed E-state index contributed by atoms with van der Waals surface area (Å²) < 4.78 is 19.4. The molecule has 0 aliphatic carbocycles. The van der Waals surface area contributed by atoms with E-state index in [4.69, 9.17) is 4.42 Å². The Hall–Kier alpha value is -2.90. The van der Waals surface area contributed by atoms with Crippen LogP contribution >= 0.6 is 0 Å². The van der Waals surface area contributed by atoms with Gasteiger partial charge in [-0.25, -0.2) is 14.2 Å². The summed E-state index contributed by atoms with van der Waals surface area (Å²) in [6.45, 7) is 4.43. The monoisotopic (exact) mass is 388 g/mol. The first-order valence-electron chi connectivity index (χ1n) is 9.28. The second-order valence-electron chi connectivity index (χ2n) is 7.26. The van der Waals surface area contributed by atoms with Crippen LogP contribution in [0.2, 0.25) is 0 Å². The number of nitrogens with one attached hydrogen (secondary N) is 1. The fourth-order valence-corrected chi connectivity index (χ4v) is 3.27. The van der Waals surface area contributed by atoms with Crippen molar-refractivity contribution in [1.29, 1.82) is 0 Å². The van der Waals surface area contributed by atoms with Gasteiger partial charge in [0, 0.05) is 44.4 Å². The molecule has 150 valence electrons. The number of urea groups is 1. The van der Waals surface area contributed by atoms with Crippen molar-refractivity contribution < 1.29 is 18.4 Å². The van der Waals surface area contributed by atoms with Crippen LogP contribution in [0.5, 0.6) is 0 Å². The van der Waals surface area contributed by atoms with Crippen molar-refractivity contribution in [1.82, 2.24) is 14.8 Å². The highest BCUT2D eigenvalue weighted by Gasteiger charge is 2.29. The van der Waals surface area contributed by atoms with Gasteiger partial charge in [0.2, 0.25) is 0 Å². The Bertz CT molecular complexity index is 886. The highest BCUT2D eigenvalue weighted by atomic mass is 19.1. The summed E-state index contributed by atoms with van der Waals surface area (Å²) in [5.74, 6) is 0.579. The van der Waals surface area contributed by atoms with E-state index in [1.54, 1.807) is 45.0 Å². The Kier molecular flexibility index (Phi) is 5.67. The fourth-order valence-electron chi connectivity index (χ4n) is 3.27. The van der Waals surface area contributed by atoms with Crippen molar-refractivity contribution in [3.05, 3.63) is 46.9 Å². The zero-order valence-corrected chi connectivity index (χ0v) is 16.6. The van der Waals surface area contributed by atoms with Gasteiger partial charge in [-0.05, 0) is 38.8 Å². The molecule has 0 bridgehead atoms. The first kappa shape index (κ1) is 19.9. The van der Waals surface area contributed by atoms with Gasteiger partial charge in [-0.2, -0.15) is 0 Å². The normalized spacial score (nSPS) is 14.8. The minimum atomic E-state index is -0.348. The maximum Gasteiger partial charge on any atom is 0.321 e. The number of oxazole rings is 1. The third-order valence-corrected chi connectivity index (χ3v) is 5.06. The topological polar surface area (TPSA) is 78.7 Å². The number of carbonyl (C=O) groups is 2. The van der Waals surface area contributed by atoms with Crippen molar-refractivity contribution in [2.45, 2.75) is 32.6 Å². The second-order valence-corrected chi connectivity index (χ2v) is 7.26. The van der Waals surface area contributed by atoms with Crippen LogP contribution in [-0.2, 0) is 0 Å². The zero-order valence-electron chi connectivity index (χ0n) is 16.6. The van der Waals surface area contributed by atoms with Gasteiger partial charge in [0.05, 0.1) is 0 Å². The summed E-state index contributed by atoms with van der Waals surface area (Å²) in [6.07, 6.45) is 1.37. The lowest BCUT2D eigenvalue weighted by Crippen LogP contribution is -2.40. The smallest absolute Gasteiger partial charge is 0.321 e. The van der Waals surface area contributed by atoms with Gasteiger partial charge in [-0.1, -0.05) is 6.07 Å². The lowest BCUT2D eigenvalue weighted by molar-refractivity contribution is 0.0821. The number of hydrogen-bond acceptors (Lipinski definition) is 4. The van der Waals surface area contributed by atoms with E-state index in [0.29, 0.717) is 54.5 Å². The highest BCUT2D eigenvalue weighted by molar-refractivity contribution is 5.93. The molecule has 1 N–H and O–H groups in total. The number of carbonyl (C=O) groups excluding carboxylic acids is 2. The van der Waals surface area contributed by atoms with Crippen LogP contribution < -0.4 is 5.32 Å². The predicted octanol–water partition coefficient (Wildman–Crippen LogP) is 3.54. The van der Waals surface area contributed by atoms with E-state index in [0.717, 1.165) is 0 Å². The number of rotatable bonds is 3. The van der Waals surface area contributed by atoms with Gasteiger partial charge >= 0.3 is 6.03 Å². The molecule has 1 aromatic heterocycles. The van der Waals surface area contributed by atoms with E-state index >= 15 is 0 Å². The number of aromatic nitrogens is 1. The molecule has 1 aliphatic heterocycles. The molecule has 0 radical (unpaired) electrons. The number of hydrogen-bond donors (Lipinski definition) is 1. The van der Waals surface area contributed by atoms with Gasteiger partial charge in [0.15, 0.2) is 11.6 Å². The minimum Gasteiger partial charge on any atom is -0.445 e. The molecule has 8 heteroatoms. The second kappa shape index (κ2) is 8.00. The van der Waals surface area contributed by atoms with Crippen LogP contribution in [0.4, 0.5) is 14.9 Å². The quantitative estimate of drug-likeness (QED) is 0.872. The number of anilines is 1. The van der Waals surface area contributed by atoms with Crippen molar-refractivity contribution in [2.24, 2.45) is 0 Å². The number of nitrogens with zero attached hydrogens (tertiary/aromatic N) is 3. The zero-order chi connectivity index (χ0) is 20.4. The Morgan fingerprint density at radius 1 is 1.25 bits per heavy atom. The van der Waals surface area contributed by atoms with E-state index in [-0.39, 0.29) is 23.7 Å². The van der Waals surface area contributed by atoms with E-state index < -0.39 is 0 Å². The maximum atomic E-state index is 13.6. The van der Waals surface area contributed by atoms with E-state index in [1.807, 2.05) is 0 Å². The van der Waals surface area contributed by atoms with Gasteiger partial charge in [-0.15, -0.1) is 0 Å². The number of halogens is 1. The average molecular weight is 388 g/mol. The number of amides is 3. The molecule has 3 rings (SSSR count). The van der Waals surface area contributed by atoms with Crippen LogP contribution in [0.1, 0.15) is 46.5 Å². The Morgan fingerprint density at radius 2 is 1.93 bits per heavy atom. The van der Waals surface area contributed by atoms with Gasteiger partial charge in [0.25, 0.3) is 5.91 Å². The molecule has 7 nitrogen and oxygen atoms in total. The van der Waals surface area contributed by atoms with Crippen LogP contribution in [0.25, 0.3) is 0 Å². The van der Waals surface area contributed by atoms with Gasteiger partial charge in [0.1, 0.15) is 11.6 Å². The average Bonchev–Trinajstić information content (AvgIpc) is 3.06. The van der Waals surface area contributed by atoms with E-state index in [2.05, 4.69) is 10.3 Å². The molecule has 0 saturated carbocycles. The summed E-state index contributed by atoms with van der Waals surface area (Å²) in [6, 6.07) is 4.37. The van der Waals surface area contributed by atoms with Crippen LogP contribution in [-0.4, -0.2) is 53.9 Å². The van der Waals surface area contributed by atoms with Crippen molar-refractivity contribution >= 4 is 17.6 Å². The number of likely N-dealkylation sites (tertiary alicyclic amines) is 1. The first-order chi connectivity index (χ1) is 13.3. The first-order valence-corrected chi connectivity index (χ1v) is 9.28. The molecule has 0 spiro atoms. The number of aryl methyl sites for hydroxylation is 1. The molecule has 3 amide bonds. The summed E-state index contributed by atoms with van der Waals surface area (Å²) >= 11 is 0. The Morgan fingerprint density at radius 3 is 2.57 bits per heavy atom. The third-order valence-electron chi connectivity index (χ3n) is 5.06. The molecule has 1 aliphatic rings. The SMILES string of the molecule is Cc1oc(C2CCN(C(=O)Nc3cccc(F)c3C)CC2)nc1C(=O)N(C)C. The van der Waals surface area contributed by atoms with Gasteiger partial charge in [-0.3, -0.25) is 4.79 Å². The fraction of sp³-hybridized carbons (Fsp3) is 0.450. The molecule has 1 fully saturated rings. The van der Waals surface area contributed by atoms with E-state index in [9.17, 15) is 14.0 Å². The molecular formula is C20H25FN4O3. The molecule has 2 heterocycles. The molecule has 0 unspecified atom stereocenters. The van der Waals surface area contributed by atoms with Crippen molar-refractivity contribution in [2.75, 3.05) is 32.5 Å². The van der Waals surface area contributed by atoms with Crippen molar-refractivity contribution in [3.8, 4) is 0 Å². The van der Waals surface area contributed by atoms with Gasteiger partial charge < -0.3 is 19.5 Å². The molecule has 1 saturated heterocycles. The van der Waals surface area contributed by atoms with Crippen LogP contribution in [0.3, 0.4) is 0 Å². The third kappa shape index (κ3) is 4.00.